The van der Waals surface area contributed by atoms with Gasteiger partial charge in [0.2, 0.25) is 0 Å². The van der Waals surface area contributed by atoms with Gasteiger partial charge in [-0.3, -0.25) is 0 Å². The zero-order valence-electron chi connectivity index (χ0n) is 5.29. The van der Waals surface area contributed by atoms with Gasteiger partial charge in [-0.1, -0.05) is 0 Å². The molecule has 1 saturated heterocycles. The predicted octanol–water partition coefficient (Wildman–Crippen LogP) is -0.134. The summed E-state index contributed by atoms with van der Waals surface area (Å²) in [6, 6.07) is 0. The van der Waals surface area contributed by atoms with Gasteiger partial charge in [0, 0.05) is 6.61 Å². The van der Waals surface area contributed by atoms with E-state index in [0.29, 0.717) is 13.0 Å². The Kier molecular flexibility index (Phi) is 2.45. The van der Waals surface area contributed by atoms with E-state index < -0.39 is 12.4 Å². The average Bonchev–Trinajstić information content (AvgIpc) is 1.99. The molecule has 2 unspecified atom stereocenters. The zero-order valence-corrected chi connectivity index (χ0v) is 5.29. The Morgan fingerprint density at radius 2 is 2.00 bits per heavy atom. The molecule has 2 N–H and O–H groups in total. The third-order valence-electron chi connectivity index (χ3n) is 1.51. The van der Waals surface area contributed by atoms with Gasteiger partial charge in [-0.25, -0.2) is 0 Å². The van der Waals surface area contributed by atoms with E-state index in [0.717, 1.165) is 12.8 Å². The van der Waals surface area contributed by atoms with E-state index in [9.17, 15) is 0 Å². The van der Waals surface area contributed by atoms with Crippen LogP contribution in [0.4, 0.5) is 0 Å². The van der Waals surface area contributed by atoms with E-state index in [1.54, 1.807) is 0 Å². The fraction of sp³-hybridized carbons (Fsp3) is 1.00. The smallest absolute Gasteiger partial charge is 0.180 e. The van der Waals surface area contributed by atoms with Crippen LogP contribution >= 0.6 is 0 Å². The molecule has 0 aliphatic carbocycles. The van der Waals surface area contributed by atoms with Crippen molar-refractivity contribution in [1.29, 1.82) is 0 Å². The summed E-state index contributed by atoms with van der Waals surface area (Å²) >= 11 is 0. The van der Waals surface area contributed by atoms with Crippen molar-refractivity contribution in [3.05, 3.63) is 0 Å². The van der Waals surface area contributed by atoms with Crippen molar-refractivity contribution in [3.63, 3.8) is 0 Å². The number of aliphatic hydroxyl groups is 2. The number of hydrogen-bond donors (Lipinski definition) is 2. The second kappa shape index (κ2) is 3.15. The van der Waals surface area contributed by atoms with Crippen LogP contribution in [0.15, 0.2) is 0 Å². The molecule has 0 amide bonds. The summed E-state index contributed by atoms with van der Waals surface area (Å²) in [6.07, 6.45) is 0.910. The van der Waals surface area contributed by atoms with Crippen LogP contribution in [0.1, 0.15) is 19.3 Å². The van der Waals surface area contributed by atoms with Crippen LogP contribution in [-0.2, 0) is 4.74 Å². The van der Waals surface area contributed by atoms with Crippen molar-refractivity contribution in [2.75, 3.05) is 6.61 Å². The molecule has 0 aromatic carbocycles. The second-order valence-electron chi connectivity index (χ2n) is 2.32. The average molecular weight is 132 g/mol. The largest absolute Gasteiger partial charge is 0.388 e. The van der Waals surface area contributed by atoms with Crippen LogP contribution in [0.3, 0.4) is 0 Å². The second-order valence-corrected chi connectivity index (χ2v) is 2.32. The Bertz CT molecular complexity index is 74.4. The zero-order chi connectivity index (χ0) is 6.69. The number of hydrogen-bond acceptors (Lipinski definition) is 3. The fourth-order valence-electron chi connectivity index (χ4n) is 0.913. The maximum atomic E-state index is 8.98. The lowest BCUT2D eigenvalue weighted by Gasteiger charge is -2.12. The number of rotatable bonds is 0. The van der Waals surface area contributed by atoms with Crippen LogP contribution in [0.5, 0.6) is 0 Å². The summed E-state index contributed by atoms with van der Waals surface area (Å²) in [5.74, 6) is 0. The van der Waals surface area contributed by atoms with Crippen molar-refractivity contribution >= 4 is 0 Å². The third kappa shape index (κ3) is 1.93. The highest BCUT2D eigenvalue weighted by Gasteiger charge is 2.18. The maximum Gasteiger partial charge on any atom is 0.180 e. The van der Waals surface area contributed by atoms with Crippen LogP contribution in [-0.4, -0.2) is 29.2 Å². The summed E-state index contributed by atoms with van der Waals surface area (Å²) in [7, 11) is 0. The lowest BCUT2D eigenvalue weighted by Crippen LogP contribution is -2.26. The highest BCUT2D eigenvalue weighted by Crippen LogP contribution is 2.11. The van der Waals surface area contributed by atoms with Gasteiger partial charge in [0.1, 0.15) is 6.10 Å². The van der Waals surface area contributed by atoms with Crippen molar-refractivity contribution in [1.82, 2.24) is 0 Å². The Hall–Kier alpha value is -0.120. The minimum atomic E-state index is -0.951. The molecule has 9 heavy (non-hydrogen) atoms. The SMILES string of the molecule is OC1CCCCOC1O. The normalized spacial score (nSPS) is 38.0. The molecule has 0 bridgehead atoms. The monoisotopic (exact) mass is 132 g/mol. The third-order valence-corrected chi connectivity index (χ3v) is 1.51. The Balaban J connectivity index is 2.32. The van der Waals surface area contributed by atoms with E-state index in [4.69, 9.17) is 14.9 Å². The molecule has 1 aliphatic rings. The first-order chi connectivity index (χ1) is 4.30. The Morgan fingerprint density at radius 3 is 2.78 bits per heavy atom. The summed E-state index contributed by atoms with van der Waals surface area (Å²) in [5.41, 5.74) is 0. The quantitative estimate of drug-likeness (QED) is 0.482. The van der Waals surface area contributed by atoms with Crippen LogP contribution in [0.25, 0.3) is 0 Å². The first kappa shape index (κ1) is 6.99. The van der Waals surface area contributed by atoms with Gasteiger partial charge in [0.15, 0.2) is 6.29 Å². The molecule has 1 aliphatic heterocycles. The van der Waals surface area contributed by atoms with Gasteiger partial charge in [-0.2, -0.15) is 0 Å². The lowest BCUT2D eigenvalue weighted by molar-refractivity contribution is -0.153. The highest BCUT2D eigenvalue weighted by molar-refractivity contribution is 4.62. The van der Waals surface area contributed by atoms with E-state index in [1.165, 1.54) is 0 Å². The molecule has 1 fully saturated rings. The minimum absolute atomic E-state index is 0.568. The van der Waals surface area contributed by atoms with Gasteiger partial charge in [-0.05, 0) is 19.3 Å². The van der Waals surface area contributed by atoms with E-state index in [1.807, 2.05) is 0 Å². The van der Waals surface area contributed by atoms with Crippen LogP contribution in [0, 0.1) is 0 Å². The van der Waals surface area contributed by atoms with Crippen LogP contribution in [0.2, 0.25) is 0 Å². The molecule has 3 nitrogen and oxygen atoms in total. The first-order valence-electron chi connectivity index (χ1n) is 3.28. The van der Waals surface area contributed by atoms with Crippen molar-refractivity contribution < 1.29 is 14.9 Å². The standard InChI is InChI=1S/C6H12O3/c7-5-3-1-2-4-9-6(5)8/h5-8H,1-4H2. The lowest BCUT2D eigenvalue weighted by atomic mass is 10.2. The number of aliphatic hydroxyl groups excluding tert-OH is 2. The summed E-state index contributed by atoms with van der Waals surface area (Å²) in [6.45, 7) is 0.568. The van der Waals surface area contributed by atoms with Gasteiger partial charge in [-0.15, -0.1) is 0 Å². The van der Waals surface area contributed by atoms with Gasteiger partial charge >= 0.3 is 0 Å². The molecule has 1 heterocycles. The first-order valence-corrected chi connectivity index (χ1v) is 3.28. The fourth-order valence-corrected chi connectivity index (χ4v) is 0.913. The summed E-state index contributed by atoms with van der Waals surface area (Å²) in [4.78, 5) is 0. The molecular formula is C6H12O3. The molecule has 0 aromatic heterocycles. The van der Waals surface area contributed by atoms with Gasteiger partial charge < -0.3 is 14.9 Å². The summed E-state index contributed by atoms with van der Waals surface area (Å²) < 4.78 is 4.82. The molecule has 1 rings (SSSR count). The number of ether oxygens (including phenoxy) is 1. The molecule has 3 heteroatoms. The van der Waals surface area contributed by atoms with E-state index in [2.05, 4.69) is 0 Å². The molecule has 0 saturated carbocycles. The minimum Gasteiger partial charge on any atom is -0.388 e. The van der Waals surface area contributed by atoms with Gasteiger partial charge in [0.25, 0.3) is 0 Å². The molecule has 0 spiro atoms. The molecule has 0 aromatic rings. The highest BCUT2D eigenvalue weighted by atomic mass is 16.6. The Morgan fingerprint density at radius 1 is 1.22 bits per heavy atom. The maximum absolute atomic E-state index is 8.98. The van der Waals surface area contributed by atoms with Crippen molar-refractivity contribution in [2.24, 2.45) is 0 Å². The predicted molar refractivity (Wildman–Crippen MR) is 31.8 cm³/mol. The Labute approximate surface area is 54.3 Å². The van der Waals surface area contributed by atoms with Gasteiger partial charge in [0.05, 0.1) is 0 Å². The molecule has 2 atom stereocenters. The topological polar surface area (TPSA) is 49.7 Å². The van der Waals surface area contributed by atoms with Crippen molar-refractivity contribution in [3.8, 4) is 0 Å². The molecular weight excluding hydrogens is 120 g/mol. The molecule has 54 valence electrons. The summed E-state index contributed by atoms with van der Waals surface area (Å²) in [5, 5.41) is 17.9. The van der Waals surface area contributed by atoms with E-state index in [-0.39, 0.29) is 0 Å². The van der Waals surface area contributed by atoms with Crippen molar-refractivity contribution in [2.45, 2.75) is 31.7 Å². The van der Waals surface area contributed by atoms with E-state index >= 15 is 0 Å². The van der Waals surface area contributed by atoms with Crippen LogP contribution < -0.4 is 0 Å². The molecule has 0 radical (unpaired) electrons.